The second-order valence-corrected chi connectivity index (χ2v) is 5.56. The molecule has 0 fully saturated rings. The molecule has 1 heterocycles. The standard InChI is InChI=1S/C16H19NO2S/c1-19-15(18)16(12-17,14-5-3-2-4-6-14)9-7-13-8-10-20-11-13/h2-6,8,10-11H,7,9,12,17H2,1H3. The van der Waals surface area contributed by atoms with E-state index >= 15 is 0 Å². The van der Waals surface area contributed by atoms with Gasteiger partial charge in [-0.3, -0.25) is 4.79 Å². The number of thiophene rings is 1. The van der Waals surface area contributed by atoms with Gasteiger partial charge in [-0.2, -0.15) is 11.3 Å². The van der Waals surface area contributed by atoms with Gasteiger partial charge in [0.2, 0.25) is 0 Å². The lowest BCUT2D eigenvalue weighted by molar-refractivity contribution is -0.147. The highest BCUT2D eigenvalue weighted by atomic mass is 32.1. The minimum absolute atomic E-state index is 0.244. The first-order valence-corrected chi connectivity index (χ1v) is 7.52. The largest absolute Gasteiger partial charge is 0.468 e. The molecule has 2 N–H and O–H groups in total. The third-order valence-corrected chi connectivity index (χ3v) is 4.40. The van der Waals surface area contributed by atoms with Gasteiger partial charge in [0, 0.05) is 6.54 Å². The summed E-state index contributed by atoms with van der Waals surface area (Å²) in [6.45, 7) is 0.244. The molecule has 1 aromatic heterocycles. The first kappa shape index (κ1) is 14.8. The quantitative estimate of drug-likeness (QED) is 0.832. The van der Waals surface area contributed by atoms with Gasteiger partial charge in [0.05, 0.1) is 7.11 Å². The van der Waals surface area contributed by atoms with Gasteiger partial charge in [0.1, 0.15) is 5.41 Å². The van der Waals surface area contributed by atoms with E-state index in [1.807, 2.05) is 35.7 Å². The predicted molar refractivity (Wildman–Crippen MR) is 81.8 cm³/mol. The maximum Gasteiger partial charge on any atom is 0.317 e. The lowest BCUT2D eigenvalue weighted by Gasteiger charge is -2.30. The molecule has 106 valence electrons. The average molecular weight is 289 g/mol. The smallest absolute Gasteiger partial charge is 0.317 e. The number of esters is 1. The van der Waals surface area contributed by atoms with Crippen molar-refractivity contribution in [1.82, 2.24) is 0 Å². The Morgan fingerprint density at radius 1 is 1.30 bits per heavy atom. The molecule has 2 aromatic rings. The van der Waals surface area contributed by atoms with Crippen molar-refractivity contribution < 1.29 is 9.53 Å². The maximum absolute atomic E-state index is 12.3. The van der Waals surface area contributed by atoms with Crippen LogP contribution in [-0.4, -0.2) is 19.6 Å². The Morgan fingerprint density at radius 3 is 2.60 bits per heavy atom. The van der Waals surface area contributed by atoms with Crippen molar-refractivity contribution in [2.24, 2.45) is 5.73 Å². The number of rotatable bonds is 6. The summed E-state index contributed by atoms with van der Waals surface area (Å²) >= 11 is 1.66. The monoisotopic (exact) mass is 289 g/mol. The summed E-state index contributed by atoms with van der Waals surface area (Å²) in [6, 6.07) is 11.7. The summed E-state index contributed by atoms with van der Waals surface area (Å²) < 4.78 is 5.01. The van der Waals surface area contributed by atoms with Gasteiger partial charge in [-0.05, 0) is 40.8 Å². The lowest BCUT2D eigenvalue weighted by Crippen LogP contribution is -2.44. The number of carbonyl (C=O) groups is 1. The minimum Gasteiger partial charge on any atom is -0.468 e. The second-order valence-electron chi connectivity index (χ2n) is 4.78. The number of nitrogens with two attached hydrogens (primary N) is 1. The number of ether oxygens (including phenoxy) is 1. The number of methoxy groups -OCH3 is 1. The first-order chi connectivity index (χ1) is 9.73. The van der Waals surface area contributed by atoms with Crippen molar-refractivity contribution in [2.45, 2.75) is 18.3 Å². The van der Waals surface area contributed by atoms with Crippen LogP contribution in [0.4, 0.5) is 0 Å². The van der Waals surface area contributed by atoms with Gasteiger partial charge < -0.3 is 10.5 Å². The van der Waals surface area contributed by atoms with E-state index in [2.05, 4.69) is 11.4 Å². The van der Waals surface area contributed by atoms with Crippen molar-refractivity contribution in [2.75, 3.05) is 13.7 Å². The van der Waals surface area contributed by atoms with Gasteiger partial charge in [-0.15, -0.1) is 0 Å². The van der Waals surface area contributed by atoms with E-state index in [9.17, 15) is 4.79 Å². The zero-order valence-corrected chi connectivity index (χ0v) is 12.4. The molecule has 0 aliphatic rings. The molecule has 4 heteroatoms. The van der Waals surface area contributed by atoms with E-state index in [1.54, 1.807) is 11.3 Å². The van der Waals surface area contributed by atoms with Crippen LogP contribution in [0.5, 0.6) is 0 Å². The third-order valence-electron chi connectivity index (χ3n) is 3.67. The summed E-state index contributed by atoms with van der Waals surface area (Å²) in [5.74, 6) is -0.263. The molecule has 0 bridgehead atoms. The molecule has 0 spiro atoms. The number of hydrogen-bond donors (Lipinski definition) is 1. The van der Waals surface area contributed by atoms with Gasteiger partial charge in [-0.25, -0.2) is 0 Å². The lowest BCUT2D eigenvalue weighted by atomic mass is 9.76. The average Bonchev–Trinajstić information content (AvgIpc) is 3.02. The number of benzene rings is 1. The second kappa shape index (κ2) is 6.68. The van der Waals surface area contributed by atoms with Gasteiger partial charge in [0.25, 0.3) is 0 Å². The summed E-state index contributed by atoms with van der Waals surface area (Å²) in [5.41, 5.74) is 7.34. The van der Waals surface area contributed by atoms with Gasteiger partial charge in [-0.1, -0.05) is 30.3 Å². The molecule has 1 unspecified atom stereocenters. The zero-order valence-electron chi connectivity index (χ0n) is 11.5. The molecule has 0 saturated carbocycles. The molecule has 3 nitrogen and oxygen atoms in total. The zero-order chi connectivity index (χ0) is 14.4. The predicted octanol–water partition coefficient (Wildman–Crippen LogP) is 2.75. The summed E-state index contributed by atoms with van der Waals surface area (Å²) in [4.78, 5) is 12.3. The van der Waals surface area contributed by atoms with Crippen LogP contribution in [0.2, 0.25) is 0 Å². The van der Waals surface area contributed by atoms with Crippen LogP contribution in [0.15, 0.2) is 47.2 Å². The Labute approximate surface area is 123 Å². The van der Waals surface area contributed by atoms with E-state index in [0.29, 0.717) is 6.42 Å². The maximum atomic E-state index is 12.3. The first-order valence-electron chi connectivity index (χ1n) is 6.58. The van der Waals surface area contributed by atoms with Crippen molar-refractivity contribution in [3.05, 3.63) is 58.3 Å². The molecule has 1 aromatic carbocycles. The molecule has 0 saturated heterocycles. The summed E-state index contributed by atoms with van der Waals surface area (Å²) in [5, 5.41) is 4.14. The highest BCUT2D eigenvalue weighted by molar-refractivity contribution is 7.07. The normalized spacial score (nSPS) is 13.7. The van der Waals surface area contributed by atoms with E-state index in [1.165, 1.54) is 12.7 Å². The highest BCUT2D eigenvalue weighted by Gasteiger charge is 2.39. The molecule has 0 aliphatic heterocycles. The molecule has 20 heavy (non-hydrogen) atoms. The van der Waals surface area contributed by atoms with Gasteiger partial charge >= 0.3 is 5.97 Å². The fourth-order valence-corrected chi connectivity index (χ4v) is 3.12. The molecule has 1 atom stereocenters. The van der Waals surface area contributed by atoms with E-state index in [-0.39, 0.29) is 12.5 Å². The van der Waals surface area contributed by atoms with Crippen LogP contribution in [0, 0.1) is 0 Å². The Balaban J connectivity index is 2.30. The van der Waals surface area contributed by atoms with Crippen LogP contribution in [0.25, 0.3) is 0 Å². The topological polar surface area (TPSA) is 52.3 Å². The molecular weight excluding hydrogens is 270 g/mol. The van der Waals surface area contributed by atoms with Crippen LogP contribution >= 0.6 is 11.3 Å². The van der Waals surface area contributed by atoms with Gasteiger partial charge in [0.15, 0.2) is 0 Å². The Kier molecular flexibility index (Phi) is 4.93. The van der Waals surface area contributed by atoms with Crippen LogP contribution in [0.1, 0.15) is 17.5 Å². The summed E-state index contributed by atoms with van der Waals surface area (Å²) in [7, 11) is 1.42. The van der Waals surface area contributed by atoms with Crippen molar-refractivity contribution in [3.8, 4) is 0 Å². The number of aryl methyl sites for hydroxylation is 1. The molecule has 2 rings (SSSR count). The fraction of sp³-hybridized carbons (Fsp3) is 0.312. The van der Waals surface area contributed by atoms with E-state index < -0.39 is 5.41 Å². The minimum atomic E-state index is -0.766. The van der Waals surface area contributed by atoms with Crippen molar-refractivity contribution in [3.63, 3.8) is 0 Å². The third kappa shape index (κ3) is 2.92. The number of carbonyl (C=O) groups excluding carboxylic acids is 1. The van der Waals surface area contributed by atoms with Crippen LogP contribution in [-0.2, 0) is 21.4 Å². The molecule has 0 radical (unpaired) electrons. The van der Waals surface area contributed by atoms with Crippen LogP contribution < -0.4 is 5.73 Å². The SMILES string of the molecule is COC(=O)C(CN)(CCc1ccsc1)c1ccccc1. The summed E-state index contributed by atoms with van der Waals surface area (Å²) in [6.07, 6.45) is 1.46. The van der Waals surface area contributed by atoms with E-state index in [0.717, 1.165) is 12.0 Å². The Hall–Kier alpha value is -1.65. The van der Waals surface area contributed by atoms with Crippen LogP contribution in [0.3, 0.4) is 0 Å². The highest BCUT2D eigenvalue weighted by Crippen LogP contribution is 2.30. The van der Waals surface area contributed by atoms with Crippen molar-refractivity contribution >= 4 is 17.3 Å². The molecule has 0 aliphatic carbocycles. The molecular formula is C16H19NO2S. The van der Waals surface area contributed by atoms with Crippen molar-refractivity contribution in [1.29, 1.82) is 0 Å². The fourth-order valence-electron chi connectivity index (χ4n) is 2.41. The Bertz CT molecular complexity index is 539. The Morgan fingerprint density at radius 2 is 2.05 bits per heavy atom. The molecule has 0 amide bonds. The van der Waals surface area contributed by atoms with E-state index in [4.69, 9.17) is 10.5 Å². The number of hydrogen-bond acceptors (Lipinski definition) is 4.